The van der Waals surface area contributed by atoms with Crippen LogP contribution in [0, 0.1) is 5.41 Å². The lowest BCUT2D eigenvalue weighted by molar-refractivity contribution is -0.117. The van der Waals surface area contributed by atoms with Crippen molar-refractivity contribution < 1.29 is 9.59 Å². The van der Waals surface area contributed by atoms with Gasteiger partial charge in [0.05, 0.1) is 17.7 Å². The number of hydrazone groups is 1. The van der Waals surface area contributed by atoms with Crippen LogP contribution in [0.25, 0.3) is 0 Å². The Morgan fingerprint density at radius 2 is 1.53 bits per heavy atom. The second-order valence-electron chi connectivity index (χ2n) is 7.86. The molecule has 1 N–H and O–H groups in total. The molecule has 0 aromatic heterocycles. The van der Waals surface area contributed by atoms with E-state index in [2.05, 4.69) is 10.4 Å². The molecule has 7 heteroatoms. The number of carbonyl (C=O) groups excluding carboxylic acids is 2. The van der Waals surface area contributed by atoms with Gasteiger partial charge >= 0.3 is 0 Å². The number of anilines is 1. The highest BCUT2D eigenvalue weighted by Gasteiger charge is 2.46. The Kier molecular flexibility index (Phi) is 6.31. The molecule has 32 heavy (non-hydrogen) atoms. The standard InChI is InChI=1S/C25H21Cl2N3O2/c1-25(24(32)18-5-3-2-4-6-18)16-30(29-23(25)17-7-9-19(26)10-8-17)15-22(31)28-21-13-11-20(27)12-14-21/h2-14H,15-16H2,1H3,(H,28,31). The quantitative estimate of drug-likeness (QED) is 0.486. The van der Waals surface area contributed by atoms with Gasteiger partial charge in [-0.1, -0.05) is 65.7 Å². The predicted molar refractivity (Wildman–Crippen MR) is 129 cm³/mol. The zero-order chi connectivity index (χ0) is 22.7. The van der Waals surface area contributed by atoms with Crippen molar-refractivity contribution in [3.8, 4) is 0 Å². The molecule has 1 atom stereocenters. The first-order valence-electron chi connectivity index (χ1n) is 10.1. The average Bonchev–Trinajstić information content (AvgIpc) is 3.12. The van der Waals surface area contributed by atoms with Crippen LogP contribution in [-0.2, 0) is 4.79 Å². The third kappa shape index (κ3) is 4.69. The highest BCUT2D eigenvalue weighted by Crippen LogP contribution is 2.35. The van der Waals surface area contributed by atoms with Gasteiger partial charge in [-0.2, -0.15) is 5.10 Å². The summed E-state index contributed by atoms with van der Waals surface area (Å²) in [6.07, 6.45) is 0. The maximum Gasteiger partial charge on any atom is 0.245 e. The average molecular weight is 466 g/mol. The largest absolute Gasteiger partial charge is 0.324 e. The van der Waals surface area contributed by atoms with Crippen LogP contribution in [0.2, 0.25) is 10.0 Å². The number of hydrogen-bond acceptors (Lipinski definition) is 4. The number of hydrogen-bond donors (Lipinski definition) is 1. The van der Waals surface area contributed by atoms with E-state index < -0.39 is 5.41 Å². The lowest BCUT2D eigenvalue weighted by Crippen LogP contribution is -2.40. The van der Waals surface area contributed by atoms with E-state index in [1.807, 2.05) is 37.3 Å². The number of Topliss-reactive ketones (excluding diaryl/α,β-unsaturated/α-hetero) is 1. The third-order valence-electron chi connectivity index (χ3n) is 5.37. The van der Waals surface area contributed by atoms with Gasteiger partial charge in [-0.25, -0.2) is 0 Å². The number of nitrogens with zero attached hydrogens (tertiary/aromatic N) is 2. The molecule has 3 aromatic rings. The van der Waals surface area contributed by atoms with Gasteiger partial charge in [-0.15, -0.1) is 0 Å². The molecule has 0 spiro atoms. The molecule has 0 aliphatic carbocycles. The van der Waals surface area contributed by atoms with E-state index in [9.17, 15) is 9.59 Å². The predicted octanol–water partition coefficient (Wildman–Crippen LogP) is 5.54. The summed E-state index contributed by atoms with van der Waals surface area (Å²) in [5.74, 6) is -0.282. The van der Waals surface area contributed by atoms with Crippen LogP contribution in [-0.4, -0.2) is 35.5 Å². The minimum absolute atomic E-state index is 0.0113. The Balaban J connectivity index is 1.60. The first kappa shape index (κ1) is 22.1. The fourth-order valence-electron chi connectivity index (χ4n) is 3.79. The SMILES string of the molecule is CC1(C(=O)c2ccccc2)CN(CC(=O)Nc2ccc(Cl)cc2)N=C1c1ccc(Cl)cc1. The number of ketones is 1. The molecule has 1 unspecified atom stereocenters. The lowest BCUT2D eigenvalue weighted by atomic mass is 9.76. The highest BCUT2D eigenvalue weighted by atomic mass is 35.5. The van der Waals surface area contributed by atoms with E-state index in [-0.39, 0.29) is 24.8 Å². The van der Waals surface area contributed by atoms with Crippen molar-refractivity contribution in [3.05, 3.63) is 100 Å². The normalized spacial score (nSPS) is 17.7. The summed E-state index contributed by atoms with van der Waals surface area (Å²) in [7, 11) is 0. The zero-order valence-electron chi connectivity index (χ0n) is 17.4. The monoisotopic (exact) mass is 465 g/mol. The zero-order valence-corrected chi connectivity index (χ0v) is 18.9. The molecule has 162 valence electrons. The Morgan fingerprint density at radius 3 is 2.16 bits per heavy atom. The van der Waals surface area contributed by atoms with Crippen molar-refractivity contribution in [1.82, 2.24) is 5.01 Å². The number of halogens is 2. The molecule has 1 aliphatic rings. The van der Waals surface area contributed by atoms with E-state index in [0.29, 0.717) is 27.0 Å². The second kappa shape index (κ2) is 9.15. The Bertz CT molecular complexity index is 1160. The number of benzene rings is 3. The number of carbonyl (C=O) groups is 2. The minimum Gasteiger partial charge on any atom is -0.324 e. The molecular formula is C25H21Cl2N3O2. The van der Waals surface area contributed by atoms with Gasteiger partial charge in [0.25, 0.3) is 0 Å². The second-order valence-corrected chi connectivity index (χ2v) is 8.73. The smallest absolute Gasteiger partial charge is 0.245 e. The molecule has 4 rings (SSSR count). The molecule has 1 heterocycles. The van der Waals surface area contributed by atoms with Crippen LogP contribution < -0.4 is 5.32 Å². The molecular weight excluding hydrogens is 445 g/mol. The summed E-state index contributed by atoms with van der Waals surface area (Å²) in [6.45, 7) is 2.16. The Hall–Kier alpha value is -3.15. The first-order chi connectivity index (χ1) is 15.3. The van der Waals surface area contributed by atoms with Crippen LogP contribution in [0.15, 0.2) is 84.0 Å². The highest BCUT2D eigenvalue weighted by molar-refractivity contribution is 6.31. The maximum absolute atomic E-state index is 13.5. The van der Waals surface area contributed by atoms with Crippen LogP contribution in [0.5, 0.6) is 0 Å². The summed E-state index contributed by atoms with van der Waals surface area (Å²) < 4.78 is 0. The van der Waals surface area contributed by atoms with Crippen molar-refractivity contribution in [2.75, 3.05) is 18.4 Å². The summed E-state index contributed by atoms with van der Waals surface area (Å²) in [4.78, 5) is 26.2. The van der Waals surface area contributed by atoms with Gasteiger partial charge in [-0.3, -0.25) is 14.6 Å². The molecule has 1 amide bonds. The fraction of sp³-hybridized carbons (Fsp3) is 0.160. The Labute approximate surface area is 196 Å². The molecule has 0 fully saturated rings. The molecule has 1 aliphatic heterocycles. The van der Waals surface area contributed by atoms with Crippen molar-refractivity contribution in [2.45, 2.75) is 6.92 Å². The molecule has 0 bridgehead atoms. The van der Waals surface area contributed by atoms with Gasteiger partial charge in [0, 0.05) is 21.3 Å². The summed E-state index contributed by atoms with van der Waals surface area (Å²) in [5.41, 5.74) is 1.73. The molecule has 0 radical (unpaired) electrons. The van der Waals surface area contributed by atoms with Crippen molar-refractivity contribution in [2.24, 2.45) is 10.5 Å². The van der Waals surface area contributed by atoms with Crippen molar-refractivity contribution >= 4 is 46.3 Å². The van der Waals surface area contributed by atoms with Crippen LogP contribution in [0.4, 0.5) is 5.69 Å². The van der Waals surface area contributed by atoms with E-state index in [1.54, 1.807) is 53.5 Å². The van der Waals surface area contributed by atoms with Gasteiger partial charge < -0.3 is 5.32 Å². The van der Waals surface area contributed by atoms with Gasteiger partial charge in [0.1, 0.15) is 6.54 Å². The summed E-state index contributed by atoms with van der Waals surface area (Å²) in [5, 5.41) is 10.4. The van der Waals surface area contributed by atoms with Gasteiger partial charge in [0.2, 0.25) is 5.91 Å². The van der Waals surface area contributed by atoms with E-state index in [4.69, 9.17) is 23.2 Å². The van der Waals surface area contributed by atoms with E-state index >= 15 is 0 Å². The number of rotatable bonds is 6. The lowest BCUT2D eigenvalue weighted by Gasteiger charge is -2.25. The van der Waals surface area contributed by atoms with E-state index in [1.165, 1.54) is 0 Å². The molecule has 3 aromatic carbocycles. The number of amides is 1. The first-order valence-corrected chi connectivity index (χ1v) is 10.9. The van der Waals surface area contributed by atoms with Gasteiger partial charge in [0.15, 0.2) is 5.78 Å². The molecule has 0 saturated heterocycles. The molecule has 5 nitrogen and oxygen atoms in total. The van der Waals surface area contributed by atoms with Crippen molar-refractivity contribution in [3.63, 3.8) is 0 Å². The minimum atomic E-state index is -0.921. The third-order valence-corrected chi connectivity index (χ3v) is 5.88. The maximum atomic E-state index is 13.5. The topological polar surface area (TPSA) is 61.8 Å². The fourth-order valence-corrected chi connectivity index (χ4v) is 4.04. The van der Waals surface area contributed by atoms with Crippen molar-refractivity contribution in [1.29, 1.82) is 0 Å². The van der Waals surface area contributed by atoms with E-state index in [0.717, 1.165) is 5.56 Å². The van der Waals surface area contributed by atoms with Crippen LogP contribution in [0.3, 0.4) is 0 Å². The van der Waals surface area contributed by atoms with Crippen LogP contribution in [0.1, 0.15) is 22.8 Å². The Morgan fingerprint density at radius 1 is 0.938 bits per heavy atom. The van der Waals surface area contributed by atoms with Gasteiger partial charge in [-0.05, 0) is 48.9 Å². The summed E-state index contributed by atoms with van der Waals surface area (Å²) >= 11 is 12.0. The summed E-state index contributed by atoms with van der Waals surface area (Å²) in [6, 6.07) is 23.2. The van der Waals surface area contributed by atoms with Crippen LogP contribution >= 0.6 is 23.2 Å². The number of nitrogens with one attached hydrogen (secondary N) is 1. The molecule has 0 saturated carbocycles.